The van der Waals surface area contributed by atoms with E-state index in [-0.39, 0.29) is 17.3 Å². The fourth-order valence-electron chi connectivity index (χ4n) is 3.35. The quantitative estimate of drug-likeness (QED) is 0.658. The molecule has 154 valence electrons. The number of amidine groups is 1. The zero-order valence-corrected chi connectivity index (χ0v) is 18.2. The summed E-state index contributed by atoms with van der Waals surface area (Å²) in [5.74, 6) is 0.231. The third-order valence-corrected chi connectivity index (χ3v) is 6.04. The molecule has 0 N–H and O–H groups in total. The Morgan fingerprint density at radius 3 is 2.72 bits per heavy atom. The van der Waals surface area contributed by atoms with E-state index in [1.165, 1.54) is 11.8 Å². The van der Waals surface area contributed by atoms with E-state index in [1.807, 2.05) is 43.3 Å². The van der Waals surface area contributed by atoms with Crippen LogP contribution in [-0.2, 0) is 14.3 Å². The summed E-state index contributed by atoms with van der Waals surface area (Å²) in [5.41, 5.74) is 1.83. The number of carbonyl (C=O) groups excluding carboxylic acids is 2. The van der Waals surface area contributed by atoms with Crippen molar-refractivity contribution >= 4 is 34.9 Å². The molecule has 6 nitrogen and oxygen atoms in total. The van der Waals surface area contributed by atoms with E-state index in [1.54, 1.807) is 32.8 Å². The summed E-state index contributed by atoms with van der Waals surface area (Å²) in [5, 5.41) is 0.444. The smallest absolute Gasteiger partial charge is 0.338 e. The number of nitrogens with zero attached hydrogens (tertiary/aromatic N) is 2. The fraction of sp³-hybridized carbons (Fsp3) is 0.409. The standard InChI is InChI=1S/C22H26N2O4S/c1-6-18-20(25)24-16(12-11-15-9-7-8-10-17(15)27-5)19(21(26)28-13(2)3)14(4)23-22(24)29-18/h7-13,16,18H,6H2,1-5H3. The lowest BCUT2D eigenvalue weighted by Crippen LogP contribution is -2.45. The minimum Gasteiger partial charge on any atom is -0.496 e. The first-order valence-electron chi connectivity index (χ1n) is 9.68. The lowest BCUT2D eigenvalue weighted by atomic mass is 10.00. The number of thioether (sulfide) groups is 1. The Bertz CT molecular complexity index is 904. The zero-order chi connectivity index (χ0) is 21.1. The molecule has 1 fully saturated rings. The molecule has 2 aliphatic rings. The van der Waals surface area contributed by atoms with Crippen LogP contribution in [0.15, 0.2) is 46.6 Å². The molecular formula is C22H26N2O4S. The molecule has 29 heavy (non-hydrogen) atoms. The van der Waals surface area contributed by atoms with Gasteiger partial charge in [-0.05, 0) is 33.3 Å². The van der Waals surface area contributed by atoms with Gasteiger partial charge < -0.3 is 9.47 Å². The van der Waals surface area contributed by atoms with Crippen LogP contribution in [0.3, 0.4) is 0 Å². The van der Waals surface area contributed by atoms with E-state index >= 15 is 0 Å². The van der Waals surface area contributed by atoms with Gasteiger partial charge in [-0.3, -0.25) is 9.69 Å². The van der Waals surface area contributed by atoms with Gasteiger partial charge in [-0.1, -0.05) is 49.0 Å². The van der Waals surface area contributed by atoms with Crippen LogP contribution in [0, 0.1) is 0 Å². The summed E-state index contributed by atoms with van der Waals surface area (Å²) < 4.78 is 10.9. The third kappa shape index (κ3) is 4.24. The number of allylic oxidation sites excluding steroid dienone is 1. The highest BCUT2D eigenvalue weighted by atomic mass is 32.2. The van der Waals surface area contributed by atoms with Crippen molar-refractivity contribution in [3.8, 4) is 5.75 Å². The molecule has 0 radical (unpaired) electrons. The normalized spacial score (nSPS) is 21.7. The number of methoxy groups -OCH3 is 1. The van der Waals surface area contributed by atoms with Gasteiger partial charge >= 0.3 is 5.97 Å². The molecule has 3 rings (SSSR count). The lowest BCUT2D eigenvalue weighted by Gasteiger charge is -2.31. The van der Waals surface area contributed by atoms with E-state index in [2.05, 4.69) is 4.99 Å². The first-order valence-corrected chi connectivity index (χ1v) is 10.6. The highest BCUT2D eigenvalue weighted by Gasteiger charge is 2.45. The first kappa shape index (κ1) is 21.2. The number of ether oxygens (including phenoxy) is 2. The lowest BCUT2D eigenvalue weighted by molar-refractivity contribution is -0.143. The van der Waals surface area contributed by atoms with Crippen LogP contribution < -0.4 is 4.74 Å². The highest BCUT2D eigenvalue weighted by Crippen LogP contribution is 2.38. The maximum absolute atomic E-state index is 13.0. The molecule has 7 heteroatoms. The molecule has 1 aromatic carbocycles. The fourth-order valence-corrected chi connectivity index (χ4v) is 4.49. The molecule has 2 heterocycles. The van der Waals surface area contributed by atoms with Crippen molar-refractivity contribution in [1.29, 1.82) is 0 Å². The number of rotatable bonds is 6. The van der Waals surface area contributed by atoms with Gasteiger partial charge in [0.05, 0.1) is 35.8 Å². The van der Waals surface area contributed by atoms with Crippen molar-refractivity contribution in [2.24, 2.45) is 4.99 Å². The molecule has 2 unspecified atom stereocenters. The summed E-state index contributed by atoms with van der Waals surface area (Å²) in [6.07, 6.45) is 4.16. The Labute approximate surface area is 175 Å². The van der Waals surface area contributed by atoms with Crippen LogP contribution in [0.4, 0.5) is 0 Å². The van der Waals surface area contributed by atoms with Gasteiger partial charge in [0.2, 0.25) is 5.91 Å². The van der Waals surface area contributed by atoms with Gasteiger partial charge in [0, 0.05) is 5.56 Å². The number of aliphatic imine (C=N–C) groups is 1. The van der Waals surface area contributed by atoms with Crippen molar-refractivity contribution in [1.82, 2.24) is 4.90 Å². The van der Waals surface area contributed by atoms with E-state index < -0.39 is 12.0 Å². The third-order valence-electron chi connectivity index (χ3n) is 4.72. The Hall–Kier alpha value is -2.54. The molecule has 1 saturated heterocycles. The minimum absolute atomic E-state index is 0.0340. The number of carbonyl (C=O) groups is 2. The predicted octanol–water partition coefficient (Wildman–Crippen LogP) is 4.03. The summed E-state index contributed by atoms with van der Waals surface area (Å²) in [4.78, 5) is 32.0. The number of fused-ring (bicyclic) bond motifs is 1. The molecule has 0 aromatic heterocycles. The van der Waals surface area contributed by atoms with Gasteiger partial charge in [-0.2, -0.15) is 0 Å². The van der Waals surface area contributed by atoms with Crippen LogP contribution in [0.2, 0.25) is 0 Å². The van der Waals surface area contributed by atoms with Crippen molar-refractivity contribution < 1.29 is 19.1 Å². The molecule has 1 amide bonds. The Balaban J connectivity index is 2.04. The molecule has 0 aliphatic carbocycles. The molecule has 1 aromatic rings. The number of benzene rings is 1. The van der Waals surface area contributed by atoms with E-state index in [9.17, 15) is 9.59 Å². The summed E-state index contributed by atoms with van der Waals surface area (Å²) in [6, 6.07) is 7.02. The van der Waals surface area contributed by atoms with Gasteiger partial charge in [0.25, 0.3) is 0 Å². The Morgan fingerprint density at radius 1 is 1.34 bits per heavy atom. The van der Waals surface area contributed by atoms with E-state index in [0.717, 1.165) is 5.56 Å². The molecule has 2 aliphatic heterocycles. The van der Waals surface area contributed by atoms with Gasteiger partial charge in [-0.25, -0.2) is 9.79 Å². The first-order chi connectivity index (χ1) is 13.9. The summed E-state index contributed by atoms with van der Waals surface area (Å²) in [7, 11) is 1.61. The van der Waals surface area contributed by atoms with Crippen molar-refractivity contribution in [3.63, 3.8) is 0 Å². The van der Waals surface area contributed by atoms with Crippen molar-refractivity contribution in [2.45, 2.75) is 51.5 Å². The van der Waals surface area contributed by atoms with Gasteiger partial charge in [0.1, 0.15) is 5.75 Å². The van der Waals surface area contributed by atoms with Crippen LogP contribution >= 0.6 is 11.8 Å². The zero-order valence-electron chi connectivity index (χ0n) is 17.3. The second-order valence-electron chi connectivity index (χ2n) is 7.12. The molecule has 0 bridgehead atoms. The van der Waals surface area contributed by atoms with Crippen LogP contribution in [0.1, 0.15) is 39.7 Å². The van der Waals surface area contributed by atoms with Crippen LogP contribution in [-0.4, -0.2) is 46.4 Å². The maximum Gasteiger partial charge on any atom is 0.338 e. The average Bonchev–Trinajstić information content (AvgIpc) is 3.00. The summed E-state index contributed by atoms with van der Waals surface area (Å²) in [6.45, 7) is 7.36. The Kier molecular flexibility index (Phi) is 6.47. The van der Waals surface area contributed by atoms with Crippen molar-refractivity contribution in [3.05, 3.63) is 47.2 Å². The predicted molar refractivity (Wildman–Crippen MR) is 116 cm³/mol. The molecular weight excluding hydrogens is 388 g/mol. The number of hydrogen-bond acceptors (Lipinski definition) is 6. The van der Waals surface area contributed by atoms with Crippen LogP contribution in [0.5, 0.6) is 5.75 Å². The maximum atomic E-state index is 13.0. The SMILES string of the molecule is CCC1SC2=NC(C)=C(C(=O)OC(C)C)C(C=Cc3ccccc3OC)N2C1=O. The van der Waals surface area contributed by atoms with Crippen LogP contribution in [0.25, 0.3) is 6.08 Å². The number of hydrogen-bond donors (Lipinski definition) is 0. The highest BCUT2D eigenvalue weighted by molar-refractivity contribution is 8.15. The largest absolute Gasteiger partial charge is 0.496 e. The number of amides is 1. The van der Waals surface area contributed by atoms with E-state index in [0.29, 0.717) is 28.6 Å². The topological polar surface area (TPSA) is 68.2 Å². The van der Waals surface area contributed by atoms with Gasteiger partial charge in [0.15, 0.2) is 5.17 Å². The van der Waals surface area contributed by atoms with Crippen molar-refractivity contribution in [2.75, 3.05) is 7.11 Å². The molecule has 2 atom stereocenters. The second kappa shape index (κ2) is 8.86. The average molecular weight is 415 g/mol. The Morgan fingerprint density at radius 2 is 2.07 bits per heavy atom. The number of para-hydroxylation sites is 1. The monoisotopic (exact) mass is 414 g/mol. The second-order valence-corrected chi connectivity index (χ2v) is 8.29. The van der Waals surface area contributed by atoms with E-state index in [4.69, 9.17) is 9.47 Å². The number of esters is 1. The molecule has 0 spiro atoms. The molecule has 0 saturated carbocycles. The van der Waals surface area contributed by atoms with Gasteiger partial charge in [-0.15, -0.1) is 0 Å². The minimum atomic E-state index is -0.574. The summed E-state index contributed by atoms with van der Waals surface area (Å²) >= 11 is 1.45.